The molecule has 1 amide bonds. The number of nitrogens with two attached hydrogens (primary N) is 2. The Morgan fingerprint density at radius 1 is 1.05 bits per heavy atom. The quantitative estimate of drug-likeness (QED) is 0.302. The number of para-hydroxylation sites is 1. The molecular weight excluding hydrogens is 482 g/mol. The lowest BCUT2D eigenvalue weighted by Crippen LogP contribution is -2.26. The Balaban J connectivity index is 1.74. The molecule has 0 radical (unpaired) electrons. The van der Waals surface area contributed by atoms with Crippen molar-refractivity contribution in [1.82, 2.24) is 19.5 Å². The zero-order valence-electron chi connectivity index (χ0n) is 20.8. The van der Waals surface area contributed by atoms with E-state index in [4.69, 9.17) is 16.2 Å². The summed E-state index contributed by atoms with van der Waals surface area (Å²) >= 11 is 0. The number of hydrogen-bond acceptors (Lipinski definition) is 8. The highest BCUT2D eigenvalue weighted by Crippen LogP contribution is 2.31. The van der Waals surface area contributed by atoms with Gasteiger partial charge in [-0.1, -0.05) is 36.4 Å². The summed E-state index contributed by atoms with van der Waals surface area (Å²) in [6.45, 7) is 1.86. The number of benzene rings is 2. The first-order valence-corrected chi connectivity index (χ1v) is 11.8. The van der Waals surface area contributed by atoms with Crippen molar-refractivity contribution in [2.24, 2.45) is 5.73 Å². The van der Waals surface area contributed by atoms with E-state index in [9.17, 15) is 9.59 Å². The number of aromatic nitrogens is 4. The van der Waals surface area contributed by atoms with Crippen molar-refractivity contribution in [1.29, 1.82) is 0 Å². The Bertz CT molecular complexity index is 1720. The molecule has 3 aromatic heterocycles. The summed E-state index contributed by atoms with van der Waals surface area (Å²) in [6, 6.07) is 20.1. The van der Waals surface area contributed by atoms with Crippen LogP contribution in [0.4, 0.5) is 11.8 Å². The van der Waals surface area contributed by atoms with E-state index in [-0.39, 0.29) is 22.9 Å². The maximum absolute atomic E-state index is 14.3. The highest BCUT2D eigenvalue weighted by atomic mass is 16.5. The molecule has 190 valence electrons. The maximum Gasteiger partial charge on any atom is 0.263 e. The van der Waals surface area contributed by atoms with E-state index in [0.29, 0.717) is 22.6 Å². The summed E-state index contributed by atoms with van der Waals surface area (Å²) < 4.78 is 6.95. The highest BCUT2D eigenvalue weighted by molar-refractivity contribution is 5.98. The van der Waals surface area contributed by atoms with Gasteiger partial charge in [-0.25, -0.2) is 9.97 Å². The molecular formula is C28H25N7O3. The number of hydrogen-bond donors (Lipinski definition) is 3. The van der Waals surface area contributed by atoms with Crippen LogP contribution in [0, 0.1) is 0 Å². The third kappa shape index (κ3) is 4.50. The largest absolute Gasteiger partial charge is 0.481 e. The van der Waals surface area contributed by atoms with Crippen molar-refractivity contribution in [3.8, 4) is 22.7 Å². The van der Waals surface area contributed by atoms with Gasteiger partial charge in [0.25, 0.3) is 11.5 Å². The number of rotatable bonds is 7. The van der Waals surface area contributed by atoms with E-state index >= 15 is 0 Å². The average Bonchev–Trinajstić information content (AvgIpc) is 2.93. The number of amides is 1. The molecule has 0 aliphatic carbocycles. The van der Waals surface area contributed by atoms with Crippen LogP contribution in [0.2, 0.25) is 0 Å². The van der Waals surface area contributed by atoms with Crippen LogP contribution in [-0.4, -0.2) is 32.5 Å². The van der Waals surface area contributed by atoms with Crippen molar-refractivity contribution >= 4 is 28.4 Å². The van der Waals surface area contributed by atoms with Gasteiger partial charge in [-0.15, -0.1) is 0 Å². The topological polar surface area (TPSA) is 151 Å². The molecule has 38 heavy (non-hydrogen) atoms. The van der Waals surface area contributed by atoms with Crippen molar-refractivity contribution in [2.75, 3.05) is 18.2 Å². The normalized spacial score (nSPS) is 11.7. The smallest absolute Gasteiger partial charge is 0.263 e. The number of pyridine rings is 2. The van der Waals surface area contributed by atoms with Gasteiger partial charge in [0.15, 0.2) is 0 Å². The molecule has 0 bridgehead atoms. The van der Waals surface area contributed by atoms with E-state index in [2.05, 4.69) is 20.3 Å². The van der Waals surface area contributed by atoms with E-state index in [1.807, 2.05) is 67.6 Å². The van der Waals surface area contributed by atoms with E-state index in [1.165, 1.54) is 6.20 Å². The summed E-state index contributed by atoms with van der Waals surface area (Å²) in [4.78, 5) is 38.5. The molecule has 0 aliphatic rings. The fourth-order valence-electron chi connectivity index (χ4n) is 4.44. The minimum absolute atomic E-state index is 0.0129. The second-order valence-corrected chi connectivity index (χ2v) is 8.62. The molecule has 10 nitrogen and oxygen atoms in total. The van der Waals surface area contributed by atoms with Gasteiger partial charge in [0.2, 0.25) is 11.8 Å². The predicted octanol–water partition coefficient (Wildman–Crippen LogP) is 3.71. The Labute approximate surface area is 217 Å². The number of carbonyl (C=O) groups excluding carboxylic acids is 1. The summed E-state index contributed by atoms with van der Waals surface area (Å²) in [5, 5.41) is 4.49. The first kappa shape index (κ1) is 24.4. The third-order valence-electron chi connectivity index (χ3n) is 6.21. The molecule has 2 aromatic carbocycles. The minimum atomic E-state index is -0.698. The predicted molar refractivity (Wildman–Crippen MR) is 146 cm³/mol. The SMILES string of the molecule is COc1cc(-c2cccc3cc([C@H](C)Nc4nc(N)ncc4C(N)=O)n(-c4ccccc4)c(=O)c23)ccn1. The first-order chi connectivity index (χ1) is 18.4. The monoisotopic (exact) mass is 507 g/mol. The Morgan fingerprint density at radius 2 is 1.84 bits per heavy atom. The molecule has 0 saturated carbocycles. The summed E-state index contributed by atoms with van der Waals surface area (Å²) in [5.41, 5.74) is 14.1. The molecule has 10 heteroatoms. The number of ether oxygens (including phenoxy) is 1. The van der Waals surface area contributed by atoms with Gasteiger partial charge < -0.3 is 21.5 Å². The van der Waals surface area contributed by atoms with Gasteiger partial charge in [-0.2, -0.15) is 4.98 Å². The lowest BCUT2D eigenvalue weighted by Gasteiger charge is -2.22. The number of carbonyl (C=O) groups is 1. The molecule has 5 aromatic rings. The zero-order valence-corrected chi connectivity index (χ0v) is 20.8. The molecule has 3 heterocycles. The van der Waals surface area contributed by atoms with Crippen molar-refractivity contribution in [2.45, 2.75) is 13.0 Å². The standard InChI is InChI=1S/C28H25N7O3/c1-16(33-26-21(25(29)36)15-32-28(30)34-26)22-13-18-7-6-10-20(17-11-12-31-23(14-17)38-2)24(18)27(37)35(22)19-8-4-3-5-9-19/h3-16H,1-2H3,(H2,29,36)(H3,30,32,33,34)/t16-/m0/s1. The number of nitrogen functional groups attached to an aromatic ring is 1. The molecule has 0 aliphatic heterocycles. The van der Waals surface area contributed by atoms with Crippen LogP contribution in [0.15, 0.2) is 83.9 Å². The van der Waals surface area contributed by atoms with Gasteiger partial charge in [0.05, 0.1) is 24.1 Å². The molecule has 0 unspecified atom stereocenters. The third-order valence-corrected chi connectivity index (χ3v) is 6.21. The fraction of sp³-hybridized carbons (Fsp3) is 0.107. The van der Waals surface area contributed by atoms with Gasteiger partial charge in [0.1, 0.15) is 5.82 Å². The van der Waals surface area contributed by atoms with E-state index < -0.39 is 11.9 Å². The molecule has 0 fully saturated rings. The van der Waals surface area contributed by atoms with Crippen LogP contribution >= 0.6 is 0 Å². The lowest BCUT2D eigenvalue weighted by molar-refractivity contribution is 0.100. The number of primary amides is 1. The van der Waals surface area contributed by atoms with Crippen molar-refractivity contribution < 1.29 is 9.53 Å². The Kier molecular flexibility index (Phi) is 6.44. The zero-order chi connectivity index (χ0) is 26.8. The first-order valence-electron chi connectivity index (χ1n) is 11.8. The van der Waals surface area contributed by atoms with Crippen LogP contribution in [0.1, 0.15) is 29.0 Å². The van der Waals surface area contributed by atoms with Crippen LogP contribution in [0.25, 0.3) is 27.6 Å². The van der Waals surface area contributed by atoms with Gasteiger partial charge in [0, 0.05) is 29.8 Å². The Morgan fingerprint density at radius 3 is 2.58 bits per heavy atom. The number of nitrogens with zero attached hydrogens (tertiary/aromatic N) is 4. The molecule has 0 spiro atoms. The van der Waals surface area contributed by atoms with Crippen LogP contribution < -0.4 is 27.1 Å². The van der Waals surface area contributed by atoms with E-state index in [1.54, 1.807) is 23.9 Å². The fourth-order valence-corrected chi connectivity index (χ4v) is 4.44. The van der Waals surface area contributed by atoms with Gasteiger partial charge >= 0.3 is 0 Å². The summed E-state index contributed by atoms with van der Waals surface area (Å²) in [6.07, 6.45) is 2.92. The Hall–Kier alpha value is -5.25. The molecule has 5 N–H and O–H groups in total. The van der Waals surface area contributed by atoms with Crippen LogP contribution in [-0.2, 0) is 0 Å². The molecule has 1 atom stereocenters. The van der Waals surface area contributed by atoms with Gasteiger partial charge in [-0.05, 0) is 47.7 Å². The van der Waals surface area contributed by atoms with Crippen LogP contribution in [0.5, 0.6) is 5.88 Å². The maximum atomic E-state index is 14.3. The number of fused-ring (bicyclic) bond motifs is 1. The van der Waals surface area contributed by atoms with Crippen molar-refractivity contribution in [3.05, 3.63) is 101 Å². The van der Waals surface area contributed by atoms with E-state index in [0.717, 1.165) is 16.5 Å². The minimum Gasteiger partial charge on any atom is -0.481 e. The van der Waals surface area contributed by atoms with Crippen molar-refractivity contribution in [3.63, 3.8) is 0 Å². The summed E-state index contributed by atoms with van der Waals surface area (Å²) in [7, 11) is 1.55. The lowest BCUT2D eigenvalue weighted by atomic mass is 9.98. The van der Waals surface area contributed by atoms with Gasteiger partial charge in [-0.3, -0.25) is 14.2 Å². The van der Waals surface area contributed by atoms with Crippen LogP contribution in [0.3, 0.4) is 0 Å². The highest BCUT2D eigenvalue weighted by Gasteiger charge is 2.21. The number of methoxy groups -OCH3 is 1. The molecule has 5 rings (SSSR count). The second kappa shape index (κ2) is 10.0. The number of anilines is 2. The second-order valence-electron chi connectivity index (χ2n) is 8.62. The average molecular weight is 508 g/mol. The summed E-state index contributed by atoms with van der Waals surface area (Å²) in [5.74, 6) is -0.0776. The molecule has 0 saturated heterocycles. The number of nitrogens with one attached hydrogen (secondary N) is 1.